The van der Waals surface area contributed by atoms with Crippen molar-refractivity contribution in [2.45, 2.75) is 38.7 Å². The maximum Gasteiger partial charge on any atom is 0.251 e. The number of benzene rings is 2. The molecule has 3 rings (SSSR count). The first-order valence-electron chi connectivity index (χ1n) is 10.5. The van der Waals surface area contributed by atoms with E-state index in [4.69, 9.17) is 4.74 Å². The minimum absolute atomic E-state index is 0.0264. The molecule has 2 aromatic carbocycles. The van der Waals surface area contributed by atoms with Gasteiger partial charge >= 0.3 is 0 Å². The molecule has 150 valence electrons. The number of rotatable bonds is 9. The lowest BCUT2D eigenvalue weighted by atomic mass is 10.1. The van der Waals surface area contributed by atoms with E-state index in [-0.39, 0.29) is 12.0 Å². The quantitative estimate of drug-likeness (QED) is 0.662. The zero-order valence-corrected chi connectivity index (χ0v) is 16.9. The Kier molecular flexibility index (Phi) is 8.07. The number of morpholine rings is 1. The summed E-state index contributed by atoms with van der Waals surface area (Å²) >= 11 is 0. The first-order chi connectivity index (χ1) is 13.8. The van der Waals surface area contributed by atoms with Crippen LogP contribution < -0.4 is 5.32 Å². The molecule has 1 N–H and O–H groups in total. The SMILES string of the molecule is CCCc1ccc(C(=O)NCCCCN2CCOC(c3ccccc3)C2)cc1. The van der Waals surface area contributed by atoms with Gasteiger partial charge in [0.1, 0.15) is 0 Å². The number of hydrogen-bond donors (Lipinski definition) is 1. The van der Waals surface area contributed by atoms with Crippen molar-refractivity contribution in [3.63, 3.8) is 0 Å². The van der Waals surface area contributed by atoms with Crippen LogP contribution in [-0.2, 0) is 11.2 Å². The van der Waals surface area contributed by atoms with Crippen LogP contribution in [0.1, 0.15) is 53.8 Å². The highest BCUT2D eigenvalue weighted by Crippen LogP contribution is 2.22. The summed E-state index contributed by atoms with van der Waals surface area (Å²) in [6.45, 7) is 6.65. The molecule has 4 heteroatoms. The standard InChI is InChI=1S/C24H32N2O2/c1-2-8-20-11-13-22(14-12-20)24(27)25-15-6-7-16-26-17-18-28-23(19-26)21-9-4-3-5-10-21/h3-5,9-14,23H,2,6-8,15-19H2,1H3,(H,25,27). The molecule has 1 aliphatic rings. The largest absolute Gasteiger partial charge is 0.371 e. The fourth-order valence-electron chi connectivity index (χ4n) is 3.65. The molecule has 0 aliphatic carbocycles. The molecule has 1 unspecified atom stereocenters. The molecule has 1 atom stereocenters. The van der Waals surface area contributed by atoms with Gasteiger partial charge in [0.05, 0.1) is 12.7 Å². The predicted molar refractivity (Wildman–Crippen MR) is 114 cm³/mol. The molecule has 1 fully saturated rings. The van der Waals surface area contributed by atoms with Gasteiger partial charge < -0.3 is 10.1 Å². The Morgan fingerprint density at radius 3 is 2.64 bits per heavy atom. The summed E-state index contributed by atoms with van der Waals surface area (Å²) in [5, 5.41) is 3.04. The van der Waals surface area contributed by atoms with E-state index in [1.165, 1.54) is 11.1 Å². The number of nitrogens with zero attached hydrogens (tertiary/aromatic N) is 1. The zero-order valence-electron chi connectivity index (χ0n) is 16.9. The Balaban J connectivity index is 1.33. The first kappa shape index (κ1) is 20.6. The second kappa shape index (κ2) is 11.0. The van der Waals surface area contributed by atoms with Gasteiger partial charge in [0.25, 0.3) is 5.91 Å². The van der Waals surface area contributed by atoms with Crippen molar-refractivity contribution in [3.8, 4) is 0 Å². The lowest BCUT2D eigenvalue weighted by Gasteiger charge is -2.33. The number of carbonyl (C=O) groups excluding carboxylic acids is 1. The molecular weight excluding hydrogens is 348 g/mol. The lowest BCUT2D eigenvalue weighted by molar-refractivity contribution is -0.0303. The van der Waals surface area contributed by atoms with Crippen molar-refractivity contribution in [2.75, 3.05) is 32.8 Å². The molecule has 0 aromatic heterocycles. The van der Waals surface area contributed by atoms with E-state index in [9.17, 15) is 4.79 Å². The van der Waals surface area contributed by atoms with Gasteiger partial charge in [-0.25, -0.2) is 0 Å². The summed E-state index contributed by atoms with van der Waals surface area (Å²) in [7, 11) is 0. The molecule has 1 aliphatic heterocycles. The third kappa shape index (κ3) is 6.18. The van der Waals surface area contributed by atoms with Gasteiger partial charge in [0.15, 0.2) is 0 Å². The van der Waals surface area contributed by atoms with Gasteiger partial charge in [0.2, 0.25) is 0 Å². The summed E-state index contributed by atoms with van der Waals surface area (Å²) in [5.41, 5.74) is 3.29. The van der Waals surface area contributed by atoms with Crippen molar-refractivity contribution in [1.29, 1.82) is 0 Å². The van der Waals surface area contributed by atoms with Crippen LogP contribution >= 0.6 is 0 Å². The molecule has 1 amide bonds. The number of unbranched alkanes of at least 4 members (excludes halogenated alkanes) is 1. The van der Waals surface area contributed by atoms with E-state index in [0.29, 0.717) is 0 Å². The average Bonchev–Trinajstić information content (AvgIpc) is 2.75. The summed E-state index contributed by atoms with van der Waals surface area (Å²) in [6.07, 6.45) is 4.44. The van der Waals surface area contributed by atoms with Crippen molar-refractivity contribution in [1.82, 2.24) is 10.2 Å². The van der Waals surface area contributed by atoms with Crippen molar-refractivity contribution < 1.29 is 9.53 Å². The van der Waals surface area contributed by atoms with Crippen LogP contribution in [0.25, 0.3) is 0 Å². The highest BCUT2D eigenvalue weighted by atomic mass is 16.5. The summed E-state index contributed by atoms with van der Waals surface area (Å²) < 4.78 is 5.93. The normalized spacial score (nSPS) is 17.4. The minimum Gasteiger partial charge on any atom is -0.371 e. The number of nitrogens with one attached hydrogen (secondary N) is 1. The Hall–Kier alpha value is -2.17. The molecule has 0 saturated carbocycles. The molecule has 0 spiro atoms. The monoisotopic (exact) mass is 380 g/mol. The van der Waals surface area contributed by atoms with Crippen molar-refractivity contribution in [2.24, 2.45) is 0 Å². The van der Waals surface area contributed by atoms with E-state index in [2.05, 4.69) is 53.5 Å². The maximum atomic E-state index is 12.2. The molecule has 1 heterocycles. The van der Waals surface area contributed by atoms with E-state index < -0.39 is 0 Å². The number of aryl methyl sites for hydroxylation is 1. The fourth-order valence-corrected chi connectivity index (χ4v) is 3.65. The second-order valence-electron chi connectivity index (χ2n) is 7.48. The molecule has 0 radical (unpaired) electrons. The Bertz CT molecular complexity index is 715. The fraction of sp³-hybridized carbons (Fsp3) is 0.458. The Morgan fingerprint density at radius 2 is 1.89 bits per heavy atom. The van der Waals surface area contributed by atoms with Gasteiger partial charge in [-0.05, 0) is 49.1 Å². The highest BCUT2D eigenvalue weighted by Gasteiger charge is 2.21. The Labute approximate surface area is 168 Å². The minimum atomic E-state index is 0.0264. The van der Waals surface area contributed by atoms with E-state index >= 15 is 0 Å². The van der Waals surface area contributed by atoms with E-state index in [1.54, 1.807) is 0 Å². The van der Waals surface area contributed by atoms with Crippen LogP contribution in [0.5, 0.6) is 0 Å². The van der Waals surface area contributed by atoms with Crippen LogP contribution in [0.3, 0.4) is 0 Å². The van der Waals surface area contributed by atoms with Gasteiger partial charge in [0, 0.05) is 25.2 Å². The molecular formula is C24H32N2O2. The van der Waals surface area contributed by atoms with Crippen LogP contribution in [0.4, 0.5) is 0 Å². The number of ether oxygens (including phenoxy) is 1. The van der Waals surface area contributed by atoms with Crippen molar-refractivity contribution >= 4 is 5.91 Å². The van der Waals surface area contributed by atoms with Crippen LogP contribution in [0.15, 0.2) is 54.6 Å². The highest BCUT2D eigenvalue weighted by molar-refractivity contribution is 5.94. The summed E-state index contributed by atoms with van der Waals surface area (Å²) in [4.78, 5) is 14.7. The van der Waals surface area contributed by atoms with Crippen LogP contribution in [-0.4, -0.2) is 43.6 Å². The smallest absolute Gasteiger partial charge is 0.251 e. The average molecular weight is 381 g/mol. The molecule has 4 nitrogen and oxygen atoms in total. The van der Waals surface area contributed by atoms with E-state index in [1.807, 2.05) is 18.2 Å². The lowest BCUT2D eigenvalue weighted by Crippen LogP contribution is -2.39. The maximum absolute atomic E-state index is 12.2. The second-order valence-corrected chi connectivity index (χ2v) is 7.48. The van der Waals surface area contributed by atoms with Gasteiger partial charge in [-0.1, -0.05) is 55.8 Å². The van der Waals surface area contributed by atoms with Crippen LogP contribution in [0.2, 0.25) is 0 Å². The predicted octanol–water partition coefficient (Wildman–Crippen LogP) is 4.22. The molecule has 1 saturated heterocycles. The van der Waals surface area contributed by atoms with Crippen molar-refractivity contribution in [3.05, 3.63) is 71.3 Å². The molecule has 2 aromatic rings. The third-order valence-electron chi connectivity index (χ3n) is 5.26. The third-order valence-corrected chi connectivity index (χ3v) is 5.26. The number of hydrogen-bond acceptors (Lipinski definition) is 3. The van der Waals surface area contributed by atoms with Gasteiger partial charge in [-0.3, -0.25) is 9.69 Å². The van der Waals surface area contributed by atoms with Gasteiger partial charge in [-0.15, -0.1) is 0 Å². The number of amides is 1. The summed E-state index contributed by atoms with van der Waals surface area (Å²) in [6, 6.07) is 18.4. The van der Waals surface area contributed by atoms with Crippen LogP contribution in [0, 0.1) is 0 Å². The Morgan fingerprint density at radius 1 is 1.11 bits per heavy atom. The summed E-state index contributed by atoms with van der Waals surface area (Å²) in [5.74, 6) is 0.0264. The first-order valence-corrected chi connectivity index (χ1v) is 10.5. The van der Waals surface area contributed by atoms with Gasteiger partial charge in [-0.2, -0.15) is 0 Å². The molecule has 28 heavy (non-hydrogen) atoms. The molecule has 0 bridgehead atoms. The number of carbonyl (C=O) groups is 1. The topological polar surface area (TPSA) is 41.6 Å². The van der Waals surface area contributed by atoms with E-state index in [0.717, 1.165) is 64.0 Å². The zero-order chi connectivity index (χ0) is 19.6.